The van der Waals surface area contributed by atoms with E-state index in [1.807, 2.05) is 53.9 Å². The topological polar surface area (TPSA) is 71.1 Å². The van der Waals surface area contributed by atoms with E-state index in [-0.39, 0.29) is 17.9 Å². The number of rotatable bonds is 8. The van der Waals surface area contributed by atoms with Gasteiger partial charge in [0.2, 0.25) is 5.91 Å². The zero-order valence-electron chi connectivity index (χ0n) is 14.8. The first-order valence-electron chi connectivity index (χ1n) is 8.79. The van der Waals surface area contributed by atoms with Gasteiger partial charge in [-0.1, -0.05) is 36.4 Å². The number of aromatic nitrogens is 1. The van der Waals surface area contributed by atoms with Gasteiger partial charge in [0.05, 0.1) is 11.7 Å². The van der Waals surface area contributed by atoms with Gasteiger partial charge in [0.15, 0.2) is 0 Å². The second kappa shape index (κ2) is 9.64. The Morgan fingerprint density at radius 3 is 2.56 bits per heavy atom. The third-order valence-corrected chi connectivity index (χ3v) is 4.75. The van der Waals surface area contributed by atoms with Crippen LogP contribution in [0.1, 0.15) is 40.5 Å². The smallest absolute Gasteiger partial charge is 0.252 e. The molecule has 1 unspecified atom stereocenters. The van der Waals surface area contributed by atoms with Crippen molar-refractivity contribution in [2.45, 2.75) is 18.9 Å². The van der Waals surface area contributed by atoms with Crippen molar-refractivity contribution in [3.05, 3.63) is 88.4 Å². The van der Waals surface area contributed by atoms with Crippen molar-refractivity contribution in [1.82, 2.24) is 15.6 Å². The van der Waals surface area contributed by atoms with Crippen molar-refractivity contribution in [2.24, 2.45) is 0 Å². The molecule has 3 rings (SSSR count). The summed E-state index contributed by atoms with van der Waals surface area (Å²) in [5.74, 6) is -0.174. The van der Waals surface area contributed by atoms with Crippen LogP contribution in [-0.4, -0.2) is 23.3 Å². The molecule has 2 N–H and O–H groups in total. The minimum atomic E-state index is -0.291. The molecule has 0 saturated carbocycles. The van der Waals surface area contributed by atoms with Crippen molar-refractivity contribution in [1.29, 1.82) is 0 Å². The molecule has 0 aliphatic rings. The van der Waals surface area contributed by atoms with Crippen LogP contribution in [0.2, 0.25) is 0 Å². The molecule has 0 aliphatic heterocycles. The zero-order valence-corrected chi connectivity index (χ0v) is 15.6. The zero-order chi connectivity index (χ0) is 18.9. The largest absolute Gasteiger partial charge is 0.352 e. The first-order chi connectivity index (χ1) is 13.2. The number of pyridine rings is 1. The minimum absolute atomic E-state index is 0.0701. The van der Waals surface area contributed by atoms with Gasteiger partial charge in [-0.15, -0.1) is 0 Å². The van der Waals surface area contributed by atoms with Gasteiger partial charge in [0, 0.05) is 30.1 Å². The average molecular weight is 379 g/mol. The molecule has 1 atom stereocenters. The molecule has 0 radical (unpaired) electrons. The molecular weight excluding hydrogens is 358 g/mol. The highest BCUT2D eigenvalue weighted by Crippen LogP contribution is 2.20. The molecule has 5 nitrogen and oxygen atoms in total. The maximum absolute atomic E-state index is 12.4. The Bertz CT molecular complexity index is 812. The van der Waals surface area contributed by atoms with Crippen molar-refractivity contribution in [3.63, 3.8) is 0 Å². The molecule has 0 saturated heterocycles. The summed E-state index contributed by atoms with van der Waals surface area (Å²) in [4.78, 5) is 28.7. The number of nitrogens with zero attached hydrogens (tertiary/aromatic N) is 1. The quantitative estimate of drug-likeness (QED) is 0.588. The van der Waals surface area contributed by atoms with E-state index in [0.29, 0.717) is 24.9 Å². The first kappa shape index (κ1) is 18.8. The number of benzene rings is 1. The predicted octanol–water partition coefficient (Wildman–Crippen LogP) is 3.56. The molecule has 0 aliphatic carbocycles. The standard InChI is InChI=1S/C21H21N3O2S/c25-19(10-6-13-23-21(26)17-11-14-27-15-17)24-20(16-7-2-1-3-8-16)18-9-4-5-12-22-18/h1-5,7-9,11-12,14-15,20H,6,10,13H2,(H,23,26)(H,24,25). The van der Waals surface area contributed by atoms with E-state index in [9.17, 15) is 9.59 Å². The van der Waals surface area contributed by atoms with Gasteiger partial charge >= 0.3 is 0 Å². The Kier molecular flexibility index (Phi) is 6.71. The number of carbonyl (C=O) groups is 2. The lowest BCUT2D eigenvalue weighted by Gasteiger charge is -2.19. The van der Waals surface area contributed by atoms with Gasteiger partial charge < -0.3 is 10.6 Å². The highest BCUT2D eigenvalue weighted by Gasteiger charge is 2.17. The predicted molar refractivity (Wildman–Crippen MR) is 107 cm³/mol. The lowest BCUT2D eigenvalue weighted by Crippen LogP contribution is -2.31. The minimum Gasteiger partial charge on any atom is -0.352 e. The Morgan fingerprint density at radius 1 is 1.04 bits per heavy atom. The van der Waals surface area contributed by atoms with E-state index < -0.39 is 0 Å². The Labute approximate surface area is 162 Å². The van der Waals surface area contributed by atoms with Crippen LogP contribution >= 0.6 is 11.3 Å². The van der Waals surface area contributed by atoms with Crippen LogP contribution in [0, 0.1) is 0 Å². The van der Waals surface area contributed by atoms with E-state index in [2.05, 4.69) is 15.6 Å². The van der Waals surface area contributed by atoms with Crippen LogP contribution < -0.4 is 10.6 Å². The molecule has 6 heteroatoms. The summed E-state index contributed by atoms with van der Waals surface area (Å²) >= 11 is 1.48. The van der Waals surface area contributed by atoms with Gasteiger partial charge in [-0.05, 0) is 35.6 Å². The number of nitrogens with one attached hydrogen (secondary N) is 2. The van der Waals surface area contributed by atoms with Gasteiger partial charge in [0.1, 0.15) is 0 Å². The maximum atomic E-state index is 12.4. The van der Waals surface area contributed by atoms with Crippen LogP contribution in [0.3, 0.4) is 0 Å². The van der Waals surface area contributed by atoms with Crippen LogP contribution in [0.4, 0.5) is 0 Å². The molecule has 2 aromatic heterocycles. The molecule has 3 aromatic rings. The van der Waals surface area contributed by atoms with Gasteiger partial charge in [-0.3, -0.25) is 14.6 Å². The lowest BCUT2D eigenvalue weighted by atomic mass is 10.0. The van der Waals surface area contributed by atoms with Gasteiger partial charge in [-0.2, -0.15) is 11.3 Å². The monoisotopic (exact) mass is 379 g/mol. The van der Waals surface area contributed by atoms with E-state index in [4.69, 9.17) is 0 Å². The summed E-state index contributed by atoms with van der Waals surface area (Å²) in [5.41, 5.74) is 2.43. The molecule has 27 heavy (non-hydrogen) atoms. The lowest BCUT2D eigenvalue weighted by molar-refractivity contribution is -0.121. The molecule has 138 valence electrons. The number of carbonyl (C=O) groups excluding carboxylic acids is 2. The van der Waals surface area contributed by atoms with Crippen LogP contribution in [0.25, 0.3) is 0 Å². The number of amides is 2. The fraction of sp³-hybridized carbons (Fsp3) is 0.190. The highest BCUT2D eigenvalue weighted by molar-refractivity contribution is 7.08. The Hall–Kier alpha value is -2.99. The summed E-state index contributed by atoms with van der Waals surface area (Å²) < 4.78 is 0. The molecule has 1 aromatic carbocycles. The summed E-state index contributed by atoms with van der Waals surface area (Å²) in [5, 5.41) is 9.55. The Balaban J connectivity index is 1.53. The second-order valence-electron chi connectivity index (χ2n) is 6.04. The summed E-state index contributed by atoms with van der Waals surface area (Å²) in [6.07, 6.45) is 2.63. The number of hydrogen-bond acceptors (Lipinski definition) is 4. The van der Waals surface area contributed by atoms with Gasteiger partial charge in [-0.25, -0.2) is 0 Å². The van der Waals surface area contributed by atoms with E-state index in [1.165, 1.54) is 11.3 Å². The maximum Gasteiger partial charge on any atom is 0.252 e. The molecule has 0 bridgehead atoms. The second-order valence-corrected chi connectivity index (χ2v) is 6.82. The van der Waals surface area contributed by atoms with Crippen LogP contribution in [-0.2, 0) is 4.79 Å². The molecule has 0 spiro atoms. The van der Waals surface area contributed by atoms with E-state index in [1.54, 1.807) is 17.6 Å². The fourth-order valence-electron chi connectivity index (χ4n) is 2.70. The summed E-state index contributed by atoms with van der Waals surface area (Å²) in [7, 11) is 0. The van der Waals surface area contributed by atoms with Crippen LogP contribution in [0.15, 0.2) is 71.6 Å². The molecule has 2 heterocycles. The normalized spacial score (nSPS) is 11.6. The van der Waals surface area contributed by atoms with E-state index in [0.717, 1.165) is 11.3 Å². The molecular formula is C21H21N3O2S. The third kappa shape index (κ3) is 5.49. The van der Waals surface area contributed by atoms with Crippen molar-refractivity contribution < 1.29 is 9.59 Å². The summed E-state index contributed by atoms with van der Waals surface area (Å²) in [6, 6.07) is 16.9. The van der Waals surface area contributed by atoms with E-state index >= 15 is 0 Å². The highest BCUT2D eigenvalue weighted by atomic mass is 32.1. The van der Waals surface area contributed by atoms with Crippen molar-refractivity contribution >= 4 is 23.2 Å². The number of hydrogen-bond donors (Lipinski definition) is 2. The number of thiophene rings is 1. The molecule has 2 amide bonds. The fourth-order valence-corrected chi connectivity index (χ4v) is 3.34. The first-order valence-corrected chi connectivity index (χ1v) is 9.74. The average Bonchev–Trinajstić information content (AvgIpc) is 3.25. The molecule has 0 fully saturated rings. The van der Waals surface area contributed by atoms with Crippen molar-refractivity contribution in [3.8, 4) is 0 Å². The van der Waals surface area contributed by atoms with Crippen LogP contribution in [0.5, 0.6) is 0 Å². The van der Waals surface area contributed by atoms with Crippen molar-refractivity contribution in [2.75, 3.05) is 6.54 Å². The SMILES string of the molecule is O=C(CCCNC(=O)c1ccsc1)NC(c1ccccc1)c1ccccn1. The third-order valence-electron chi connectivity index (χ3n) is 4.07. The Morgan fingerprint density at radius 2 is 1.85 bits per heavy atom. The van der Waals surface area contributed by atoms with Gasteiger partial charge in [0.25, 0.3) is 5.91 Å². The summed E-state index contributed by atoms with van der Waals surface area (Å²) in [6.45, 7) is 0.460.